The Morgan fingerprint density at radius 3 is 2.26 bits per heavy atom. The number of hydrogen-bond donors (Lipinski definition) is 3. The topological polar surface area (TPSA) is 95.5 Å². The molecule has 0 aliphatic carbocycles. The van der Waals surface area contributed by atoms with Crippen molar-refractivity contribution >= 4 is 29.5 Å². The summed E-state index contributed by atoms with van der Waals surface area (Å²) in [6.07, 6.45) is 3.26. The van der Waals surface area contributed by atoms with Crippen LogP contribution in [0.5, 0.6) is 0 Å². The fourth-order valence-electron chi connectivity index (χ4n) is 1.97. The Bertz CT molecular complexity index is 591. The number of anilines is 1. The maximum absolute atomic E-state index is 11.8. The van der Waals surface area contributed by atoms with Gasteiger partial charge in [0.1, 0.15) is 6.04 Å². The molecule has 0 aliphatic rings. The second-order valence-electron chi connectivity index (χ2n) is 5.67. The molecular formula is C17H22N2O4. The predicted molar refractivity (Wildman–Crippen MR) is 88.8 cm³/mol. The summed E-state index contributed by atoms with van der Waals surface area (Å²) in [5.41, 5.74) is 1.44. The summed E-state index contributed by atoms with van der Waals surface area (Å²) >= 11 is 0. The van der Waals surface area contributed by atoms with E-state index in [1.54, 1.807) is 30.3 Å². The van der Waals surface area contributed by atoms with Crippen LogP contribution in [0.25, 0.3) is 6.08 Å². The Balaban J connectivity index is 2.63. The molecule has 0 spiro atoms. The minimum Gasteiger partial charge on any atom is -0.480 e. The third-order valence-electron chi connectivity index (χ3n) is 2.98. The van der Waals surface area contributed by atoms with Gasteiger partial charge in [0.05, 0.1) is 0 Å². The Kier molecular flexibility index (Phi) is 6.99. The van der Waals surface area contributed by atoms with Gasteiger partial charge in [-0.25, -0.2) is 4.79 Å². The van der Waals surface area contributed by atoms with E-state index in [0.717, 1.165) is 5.56 Å². The number of carboxylic acids is 1. The van der Waals surface area contributed by atoms with Gasteiger partial charge >= 0.3 is 5.97 Å². The standard InChI is InChI=1S/C17H22N2O4/c1-11(2)10-15(17(22)23)19-16(21)9-6-13-4-7-14(8-5-13)18-12(3)20/h4-9,11,15H,10H2,1-3H3,(H,18,20)(H,19,21)(H,22,23)/b9-6+/t15-/m1/s1. The summed E-state index contributed by atoms with van der Waals surface area (Å²) in [6, 6.07) is 6.04. The Labute approximate surface area is 135 Å². The van der Waals surface area contributed by atoms with Gasteiger partial charge < -0.3 is 15.7 Å². The summed E-state index contributed by atoms with van der Waals surface area (Å²) < 4.78 is 0. The lowest BCUT2D eigenvalue weighted by Gasteiger charge is -2.15. The molecular weight excluding hydrogens is 296 g/mol. The van der Waals surface area contributed by atoms with Crippen molar-refractivity contribution in [3.8, 4) is 0 Å². The first kappa shape index (κ1) is 18.4. The molecule has 2 amide bonds. The predicted octanol–water partition coefficient (Wildman–Crippen LogP) is 2.27. The SMILES string of the molecule is CC(=O)Nc1ccc(/C=C/C(=O)N[C@H](CC(C)C)C(=O)O)cc1. The third-order valence-corrected chi connectivity index (χ3v) is 2.98. The molecule has 124 valence electrons. The highest BCUT2D eigenvalue weighted by Gasteiger charge is 2.19. The molecule has 0 unspecified atom stereocenters. The molecule has 6 nitrogen and oxygen atoms in total. The van der Waals surface area contributed by atoms with Crippen LogP contribution >= 0.6 is 0 Å². The number of benzene rings is 1. The van der Waals surface area contributed by atoms with Crippen LogP contribution in [0.4, 0.5) is 5.69 Å². The van der Waals surface area contributed by atoms with Crippen molar-refractivity contribution in [2.24, 2.45) is 5.92 Å². The minimum absolute atomic E-state index is 0.155. The quantitative estimate of drug-likeness (QED) is 0.672. The van der Waals surface area contributed by atoms with E-state index in [1.807, 2.05) is 13.8 Å². The number of aliphatic carboxylic acids is 1. The van der Waals surface area contributed by atoms with Gasteiger partial charge in [-0.15, -0.1) is 0 Å². The molecule has 0 saturated heterocycles. The van der Waals surface area contributed by atoms with Crippen molar-refractivity contribution in [3.05, 3.63) is 35.9 Å². The summed E-state index contributed by atoms with van der Waals surface area (Å²) in [5, 5.41) is 14.2. The number of hydrogen-bond acceptors (Lipinski definition) is 3. The van der Waals surface area contributed by atoms with Crippen LogP contribution in [0.15, 0.2) is 30.3 Å². The third kappa shape index (κ3) is 7.26. The molecule has 0 saturated carbocycles. The van der Waals surface area contributed by atoms with E-state index >= 15 is 0 Å². The zero-order chi connectivity index (χ0) is 17.4. The summed E-state index contributed by atoms with van der Waals surface area (Å²) in [5.74, 6) is -1.48. The molecule has 1 atom stereocenters. The molecule has 0 heterocycles. The van der Waals surface area contributed by atoms with E-state index in [-0.39, 0.29) is 11.8 Å². The van der Waals surface area contributed by atoms with Crippen LogP contribution in [-0.2, 0) is 14.4 Å². The molecule has 0 aliphatic heterocycles. The van der Waals surface area contributed by atoms with Crippen molar-refractivity contribution in [1.82, 2.24) is 5.32 Å². The van der Waals surface area contributed by atoms with E-state index in [1.165, 1.54) is 13.0 Å². The minimum atomic E-state index is -1.04. The van der Waals surface area contributed by atoms with Crippen molar-refractivity contribution in [2.75, 3.05) is 5.32 Å². The number of amides is 2. The first-order valence-corrected chi connectivity index (χ1v) is 7.37. The fourth-order valence-corrected chi connectivity index (χ4v) is 1.97. The second kappa shape index (κ2) is 8.73. The van der Waals surface area contributed by atoms with E-state index in [9.17, 15) is 14.4 Å². The van der Waals surface area contributed by atoms with Crippen molar-refractivity contribution in [3.63, 3.8) is 0 Å². The van der Waals surface area contributed by atoms with Crippen molar-refractivity contribution in [2.45, 2.75) is 33.2 Å². The highest BCUT2D eigenvalue weighted by Crippen LogP contribution is 2.11. The lowest BCUT2D eigenvalue weighted by molar-refractivity contribution is -0.141. The Morgan fingerprint density at radius 1 is 1.17 bits per heavy atom. The van der Waals surface area contributed by atoms with Gasteiger partial charge in [-0.3, -0.25) is 9.59 Å². The zero-order valence-corrected chi connectivity index (χ0v) is 13.5. The number of carboxylic acid groups (broad SMARTS) is 1. The van der Waals surface area contributed by atoms with Crippen LogP contribution in [-0.4, -0.2) is 28.9 Å². The first-order chi connectivity index (χ1) is 10.8. The Hall–Kier alpha value is -2.63. The Morgan fingerprint density at radius 2 is 1.78 bits per heavy atom. The molecule has 0 aromatic heterocycles. The van der Waals surface area contributed by atoms with E-state index < -0.39 is 17.9 Å². The molecule has 6 heteroatoms. The van der Waals surface area contributed by atoms with Gasteiger partial charge in [0.15, 0.2) is 0 Å². The van der Waals surface area contributed by atoms with Crippen molar-refractivity contribution < 1.29 is 19.5 Å². The van der Waals surface area contributed by atoms with E-state index in [4.69, 9.17) is 5.11 Å². The fraction of sp³-hybridized carbons (Fsp3) is 0.353. The van der Waals surface area contributed by atoms with Crippen molar-refractivity contribution in [1.29, 1.82) is 0 Å². The van der Waals surface area contributed by atoms with Crippen LogP contribution in [0, 0.1) is 5.92 Å². The first-order valence-electron chi connectivity index (χ1n) is 7.37. The average Bonchev–Trinajstić information content (AvgIpc) is 2.44. The van der Waals surface area contributed by atoms with Gasteiger partial charge in [-0.05, 0) is 36.1 Å². The van der Waals surface area contributed by atoms with Gasteiger partial charge in [-0.1, -0.05) is 26.0 Å². The number of rotatable bonds is 7. The molecule has 1 aromatic rings. The average molecular weight is 318 g/mol. The second-order valence-corrected chi connectivity index (χ2v) is 5.67. The molecule has 0 bridgehead atoms. The van der Waals surface area contributed by atoms with Crippen LogP contribution < -0.4 is 10.6 Å². The molecule has 23 heavy (non-hydrogen) atoms. The molecule has 1 rings (SSSR count). The van der Waals surface area contributed by atoms with E-state index in [2.05, 4.69) is 10.6 Å². The molecule has 0 fully saturated rings. The highest BCUT2D eigenvalue weighted by molar-refractivity contribution is 5.94. The molecule has 1 aromatic carbocycles. The van der Waals surface area contributed by atoms with Gasteiger partial charge in [-0.2, -0.15) is 0 Å². The van der Waals surface area contributed by atoms with E-state index in [0.29, 0.717) is 12.1 Å². The maximum Gasteiger partial charge on any atom is 0.326 e. The maximum atomic E-state index is 11.8. The summed E-state index contributed by atoms with van der Waals surface area (Å²) in [7, 11) is 0. The van der Waals surface area contributed by atoms with Gasteiger partial charge in [0, 0.05) is 18.7 Å². The molecule has 3 N–H and O–H groups in total. The summed E-state index contributed by atoms with van der Waals surface area (Å²) in [4.78, 5) is 33.8. The largest absolute Gasteiger partial charge is 0.480 e. The van der Waals surface area contributed by atoms with Crippen LogP contribution in [0.2, 0.25) is 0 Å². The lowest BCUT2D eigenvalue weighted by Crippen LogP contribution is -2.40. The van der Waals surface area contributed by atoms with Crippen LogP contribution in [0.3, 0.4) is 0 Å². The lowest BCUT2D eigenvalue weighted by atomic mass is 10.0. The zero-order valence-electron chi connectivity index (χ0n) is 13.5. The highest BCUT2D eigenvalue weighted by atomic mass is 16.4. The van der Waals surface area contributed by atoms with Crippen LogP contribution in [0.1, 0.15) is 32.8 Å². The number of nitrogens with one attached hydrogen (secondary N) is 2. The van der Waals surface area contributed by atoms with Gasteiger partial charge in [0.25, 0.3) is 0 Å². The normalized spacial score (nSPS) is 12.2. The number of carbonyl (C=O) groups excluding carboxylic acids is 2. The molecule has 0 radical (unpaired) electrons. The summed E-state index contributed by atoms with van der Waals surface area (Å²) in [6.45, 7) is 5.22. The monoisotopic (exact) mass is 318 g/mol. The van der Waals surface area contributed by atoms with Gasteiger partial charge in [0.2, 0.25) is 11.8 Å². The number of carbonyl (C=O) groups is 3. The smallest absolute Gasteiger partial charge is 0.326 e.